The Bertz CT molecular complexity index is 637. The molecule has 1 aromatic heterocycles. The van der Waals surface area contributed by atoms with Crippen LogP contribution in [0.3, 0.4) is 0 Å². The molecule has 4 heteroatoms. The lowest BCUT2D eigenvalue weighted by atomic mass is 9.92. The fourth-order valence-electron chi connectivity index (χ4n) is 3.30. The van der Waals surface area contributed by atoms with E-state index in [2.05, 4.69) is 10.4 Å². The van der Waals surface area contributed by atoms with Crippen molar-refractivity contribution in [2.45, 2.75) is 45.7 Å². The molecule has 1 aromatic carbocycles. The number of halogens is 1. The summed E-state index contributed by atoms with van der Waals surface area (Å²) < 4.78 is 15.7. The van der Waals surface area contributed by atoms with Crippen molar-refractivity contribution in [3.8, 4) is 0 Å². The van der Waals surface area contributed by atoms with Gasteiger partial charge in [-0.2, -0.15) is 5.10 Å². The zero-order valence-corrected chi connectivity index (χ0v) is 12.9. The second-order valence-electron chi connectivity index (χ2n) is 6.04. The van der Waals surface area contributed by atoms with E-state index in [1.807, 2.05) is 43.9 Å². The van der Waals surface area contributed by atoms with Gasteiger partial charge in [0.05, 0.1) is 6.20 Å². The molecule has 1 N–H and O–H groups in total. The minimum Gasteiger partial charge on any atom is -0.306 e. The fourth-order valence-corrected chi connectivity index (χ4v) is 3.30. The van der Waals surface area contributed by atoms with Crippen molar-refractivity contribution in [1.82, 2.24) is 15.1 Å². The van der Waals surface area contributed by atoms with Crippen molar-refractivity contribution in [1.29, 1.82) is 0 Å². The average Bonchev–Trinajstić information content (AvgIpc) is 2.85. The van der Waals surface area contributed by atoms with Crippen LogP contribution in [0.25, 0.3) is 0 Å². The predicted octanol–water partition coefficient (Wildman–Crippen LogP) is 3.34. The molecule has 1 atom stereocenters. The number of benzene rings is 1. The van der Waals surface area contributed by atoms with Gasteiger partial charge in [0, 0.05) is 30.9 Å². The Morgan fingerprint density at radius 2 is 2.05 bits per heavy atom. The third-order valence-corrected chi connectivity index (χ3v) is 4.42. The van der Waals surface area contributed by atoms with E-state index in [4.69, 9.17) is 0 Å². The van der Waals surface area contributed by atoms with Gasteiger partial charge in [0.2, 0.25) is 0 Å². The van der Waals surface area contributed by atoms with Gasteiger partial charge in [-0.3, -0.25) is 4.68 Å². The number of aromatic nitrogens is 2. The first kappa shape index (κ1) is 14.3. The fraction of sp³-hybridized carbons (Fsp3) is 0.471. The van der Waals surface area contributed by atoms with Crippen molar-refractivity contribution >= 4 is 0 Å². The van der Waals surface area contributed by atoms with Gasteiger partial charge < -0.3 is 5.32 Å². The molecule has 0 saturated carbocycles. The molecule has 3 rings (SSSR count). The summed E-state index contributed by atoms with van der Waals surface area (Å²) in [7, 11) is 2.01. The van der Waals surface area contributed by atoms with Crippen LogP contribution in [0.1, 0.15) is 46.8 Å². The van der Waals surface area contributed by atoms with E-state index in [1.165, 1.54) is 17.7 Å². The van der Waals surface area contributed by atoms with E-state index in [1.54, 1.807) is 0 Å². The topological polar surface area (TPSA) is 29.9 Å². The summed E-state index contributed by atoms with van der Waals surface area (Å²) in [6.07, 6.45) is 5.41. The second kappa shape index (κ2) is 5.60. The highest BCUT2D eigenvalue weighted by atomic mass is 19.1. The van der Waals surface area contributed by atoms with Crippen LogP contribution in [0.5, 0.6) is 0 Å². The van der Waals surface area contributed by atoms with Gasteiger partial charge in [-0.05, 0) is 49.8 Å². The number of hydrogen-bond acceptors (Lipinski definition) is 2. The Balaban J connectivity index is 1.74. The quantitative estimate of drug-likeness (QED) is 0.938. The van der Waals surface area contributed by atoms with Crippen molar-refractivity contribution < 1.29 is 4.39 Å². The first-order valence-electron chi connectivity index (χ1n) is 7.56. The SMILES string of the molecule is Cc1cc(CNC2CCCc3c2cnn3C)cc(C)c1F. The lowest BCUT2D eigenvalue weighted by Gasteiger charge is -2.24. The molecule has 0 aliphatic heterocycles. The van der Waals surface area contributed by atoms with Crippen molar-refractivity contribution in [3.05, 3.63) is 52.1 Å². The molecular weight excluding hydrogens is 265 g/mol. The van der Waals surface area contributed by atoms with Gasteiger partial charge in [0.15, 0.2) is 0 Å². The van der Waals surface area contributed by atoms with E-state index in [-0.39, 0.29) is 5.82 Å². The van der Waals surface area contributed by atoms with Gasteiger partial charge in [0.1, 0.15) is 5.82 Å². The smallest absolute Gasteiger partial charge is 0.129 e. The maximum atomic E-state index is 13.7. The van der Waals surface area contributed by atoms with Gasteiger partial charge in [0.25, 0.3) is 0 Å². The average molecular weight is 287 g/mol. The molecule has 0 saturated heterocycles. The summed E-state index contributed by atoms with van der Waals surface area (Å²) in [6.45, 7) is 4.41. The molecule has 112 valence electrons. The first-order valence-corrected chi connectivity index (χ1v) is 7.56. The number of fused-ring (bicyclic) bond motifs is 1. The van der Waals surface area contributed by atoms with Crippen LogP contribution in [-0.2, 0) is 20.0 Å². The number of rotatable bonds is 3. The molecule has 0 bridgehead atoms. The number of nitrogens with zero attached hydrogens (tertiary/aromatic N) is 2. The second-order valence-corrected chi connectivity index (χ2v) is 6.04. The minimum atomic E-state index is -0.0917. The van der Waals surface area contributed by atoms with E-state index < -0.39 is 0 Å². The lowest BCUT2D eigenvalue weighted by Crippen LogP contribution is -2.25. The largest absolute Gasteiger partial charge is 0.306 e. The number of nitrogens with one attached hydrogen (secondary N) is 1. The molecular formula is C17H22FN3. The van der Waals surface area contributed by atoms with Crippen molar-refractivity contribution in [2.24, 2.45) is 7.05 Å². The zero-order chi connectivity index (χ0) is 15.0. The van der Waals surface area contributed by atoms with Crippen LogP contribution in [0.4, 0.5) is 4.39 Å². The molecule has 0 amide bonds. The number of hydrogen-bond donors (Lipinski definition) is 1. The molecule has 1 aliphatic carbocycles. The molecule has 0 radical (unpaired) electrons. The third kappa shape index (κ3) is 2.72. The van der Waals surface area contributed by atoms with Gasteiger partial charge in [-0.15, -0.1) is 0 Å². The Morgan fingerprint density at radius 3 is 2.76 bits per heavy atom. The van der Waals surface area contributed by atoms with Crippen molar-refractivity contribution in [2.75, 3.05) is 0 Å². The summed E-state index contributed by atoms with van der Waals surface area (Å²) >= 11 is 0. The van der Waals surface area contributed by atoms with E-state index >= 15 is 0 Å². The van der Waals surface area contributed by atoms with Crippen molar-refractivity contribution in [3.63, 3.8) is 0 Å². The van der Waals surface area contributed by atoms with Crippen LogP contribution in [-0.4, -0.2) is 9.78 Å². The zero-order valence-electron chi connectivity index (χ0n) is 12.9. The molecule has 2 aromatic rings. The van der Waals surface area contributed by atoms with Crippen LogP contribution in [0.15, 0.2) is 18.3 Å². The summed E-state index contributed by atoms with van der Waals surface area (Å²) in [5.41, 5.74) is 5.24. The lowest BCUT2D eigenvalue weighted by molar-refractivity contribution is 0.451. The Morgan fingerprint density at radius 1 is 1.33 bits per heavy atom. The van der Waals surface area contributed by atoms with Crippen LogP contribution in [0.2, 0.25) is 0 Å². The normalized spacial score (nSPS) is 17.8. The van der Waals surface area contributed by atoms with Crippen LogP contribution < -0.4 is 5.32 Å². The maximum Gasteiger partial charge on any atom is 0.129 e. The molecule has 0 spiro atoms. The highest BCUT2D eigenvalue weighted by Crippen LogP contribution is 2.29. The molecule has 21 heavy (non-hydrogen) atoms. The highest BCUT2D eigenvalue weighted by molar-refractivity contribution is 5.31. The minimum absolute atomic E-state index is 0.0917. The molecule has 3 nitrogen and oxygen atoms in total. The summed E-state index contributed by atoms with van der Waals surface area (Å²) in [6, 6.07) is 4.22. The molecule has 1 unspecified atom stereocenters. The summed E-state index contributed by atoms with van der Waals surface area (Å²) in [5, 5.41) is 7.98. The van der Waals surface area contributed by atoms with Crippen LogP contribution >= 0.6 is 0 Å². The van der Waals surface area contributed by atoms with E-state index in [0.717, 1.165) is 36.1 Å². The Hall–Kier alpha value is -1.68. The maximum absolute atomic E-state index is 13.7. The Kier molecular flexibility index (Phi) is 3.81. The standard InChI is InChI=1S/C17H22FN3/c1-11-7-13(8-12(2)17(11)18)9-19-15-5-4-6-16-14(15)10-20-21(16)3/h7-8,10,15,19H,4-6,9H2,1-3H3. The molecule has 0 fully saturated rings. The highest BCUT2D eigenvalue weighted by Gasteiger charge is 2.22. The summed E-state index contributed by atoms with van der Waals surface area (Å²) in [5.74, 6) is -0.0917. The predicted molar refractivity (Wildman–Crippen MR) is 81.6 cm³/mol. The van der Waals surface area contributed by atoms with Gasteiger partial charge in [-0.1, -0.05) is 12.1 Å². The Labute approximate surface area is 125 Å². The monoisotopic (exact) mass is 287 g/mol. The summed E-state index contributed by atoms with van der Waals surface area (Å²) in [4.78, 5) is 0. The van der Waals surface area contributed by atoms with Crippen LogP contribution in [0, 0.1) is 19.7 Å². The van der Waals surface area contributed by atoms with Gasteiger partial charge >= 0.3 is 0 Å². The molecule has 1 aliphatic rings. The van der Waals surface area contributed by atoms with E-state index in [0.29, 0.717) is 6.04 Å². The number of aryl methyl sites for hydroxylation is 3. The van der Waals surface area contributed by atoms with E-state index in [9.17, 15) is 4.39 Å². The van der Waals surface area contributed by atoms with Gasteiger partial charge in [-0.25, -0.2) is 4.39 Å². The first-order chi connectivity index (χ1) is 10.1. The molecule has 1 heterocycles. The third-order valence-electron chi connectivity index (χ3n) is 4.42.